The van der Waals surface area contributed by atoms with Crippen molar-refractivity contribution in [2.75, 3.05) is 47.5 Å². The molecule has 0 fully saturated rings. The van der Waals surface area contributed by atoms with Crippen LogP contribution in [0.15, 0.2) is 85.1 Å². The molecule has 0 aliphatic heterocycles. The number of unbranched alkanes of at least 4 members (excludes halogenated alkanes) is 19. The van der Waals surface area contributed by atoms with Crippen LogP contribution in [0.2, 0.25) is 0 Å². The smallest absolute Gasteiger partial charge is 0.462 e. The lowest BCUT2D eigenvalue weighted by Gasteiger charge is -2.24. The van der Waals surface area contributed by atoms with E-state index in [0.717, 1.165) is 83.5 Å². The fourth-order valence-corrected chi connectivity index (χ4v) is 7.62. The highest BCUT2D eigenvalue weighted by molar-refractivity contribution is 7.47. The predicted molar refractivity (Wildman–Crippen MR) is 279 cm³/mol. The molecule has 0 bridgehead atoms. The second-order valence-electron chi connectivity index (χ2n) is 18.5. The van der Waals surface area contributed by atoms with Gasteiger partial charge in [-0.2, -0.15) is 0 Å². The molecule has 0 aromatic carbocycles. The first-order chi connectivity index (χ1) is 32.0. The topological polar surface area (TPSA) is 108 Å². The standard InChI is InChI=1S/C56H98NO8P/c1-6-8-10-12-14-16-18-20-22-24-25-26-27-28-29-30-31-33-35-37-39-41-43-45-47-49-56(59)65-54(53-64-66(60,61)63-51-50-57(3,4)5)52-62-55(58)48-46-44-42-40-38-36-34-32-23-21-19-17-15-13-11-9-7-2/h8,10,14,16,20,22,25-26,28-29,31,33,37,39,54H,6-7,9,11-13,15,17-19,21,23-24,27,30,32,34-36,38,40-53H2,1-5H3/p+1/b10-8-,16-14-,22-20-,26-25-,29-28-,33-31-,39-37-. The number of nitrogens with zero attached hydrogens (tertiary/aromatic N) is 1. The predicted octanol–water partition coefficient (Wildman–Crippen LogP) is 15.9. The molecule has 0 heterocycles. The summed E-state index contributed by atoms with van der Waals surface area (Å²) >= 11 is 0. The van der Waals surface area contributed by atoms with E-state index in [1.165, 1.54) is 89.9 Å². The minimum atomic E-state index is -4.40. The summed E-state index contributed by atoms with van der Waals surface area (Å²) in [4.78, 5) is 35.6. The van der Waals surface area contributed by atoms with Gasteiger partial charge in [-0.25, -0.2) is 4.57 Å². The number of carbonyl (C=O) groups excluding carboxylic acids is 2. The van der Waals surface area contributed by atoms with Crippen LogP contribution in [0.1, 0.15) is 206 Å². The number of ether oxygens (including phenoxy) is 2. The normalized spacial score (nSPS) is 14.1. The van der Waals surface area contributed by atoms with Crippen molar-refractivity contribution in [2.45, 2.75) is 213 Å². The molecule has 66 heavy (non-hydrogen) atoms. The Morgan fingerprint density at radius 3 is 1.29 bits per heavy atom. The maximum absolute atomic E-state index is 12.8. The number of hydrogen-bond donors (Lipinski definition) is 1. The van der Waals surface area contributed by atoms with Gasteiger partial charge in [0.05, 0.1) is 27.7 Å². The molecular formula is C56H99NO8P+. The maximum Gasteiger partial charge on any atom is 0.472 e. The van der Waals surface area contributed by atoms with Crippen molar-refractivity contribution in [2.24, 2.45) is 0 Å². The number of rotatable bonds is 47. The second-order valence-corrected chi connectivity index (χ2v) is 20.0. The van der Waals surface area contributed by atoms with E-state index in [2.05, 4.69) is 98.9 Å². The number of esters is 2. The maximum atomic E-state index is 12.8. The third-order valence-electron chi connectivity index (χ3n) is 10.9. The highest BCUT2D eigenvalue weighted by Crippen LogP contribution is 2.43. The molecule has 9 nitrogen and oxygen atoms in total. The van der Waals surface area contributed by atoms with Gasteiger partial charge >= 0.3 is 19.8 Å². The zero-order valence-corrected chi connectivity index (χ0v) is 43.8. The van der Waals surface area contributed by atoms with Gasteiger partial charge in [0.2, 0.25) is 0 Å². The molecule has 0 aromatic heterocycles. The van der Waals surface area contributed by atoms with Gasteiger partial charge in [-0.3, -0.25) is 18.6 Å². The van der Waals surface area contributed by atoms with Crippen LogP contribution < -0.4 is 0 Å². The minimum absolute atomic E-state index is 0.0216. The van der Waals surface area contributed by atoms with Gasteiger partial charge in [0.15, 0.2) is 6.10 Å². The van der Waals surface area contributed by atoms with Crippen LogP contribution >= 0.6 is 7.82 Å². The molecule has 1 N–H and O–H groups in total. The number of likely N-dealkylation sites (N-methyl/N-ethyl adjacent to an activating group) is 1. The van der Waals surface area contributed by atoms with Crippen LogP contribution in [-0.2, 0) is 32.7 Å². The summed E-state index contributed by atoms with van der Waals surface area (Å²) in [6, 6.07) is 0. The summed E-state index contributed by atoms with van der Waals surface area (Å²) in [5.41, 5.74) is 0. The van der Waals surface area contributed by atoms with Crippen LogP contribution in [0.4, 0.5) is 0 Å². The SMILES string of the molecule is CC/C=C\C/C=C\C/C=C\C/C=C\C/C=C\C/C=C\C/C=C\CCCCCC(=O)OC(COC(=O)CCCCCCCCCCCCCCCCCCC)COP(=O)(O)OCC[N+](C)(C)C. The van der Waals surface area contributed by atoms with Gasteiger partial charge in [0, 0.05) is 12.8 Å². The van der Waals surface area contributed by atoms with Crippen molar-refractivity contribution < 1.29 is 42.1 Å². The first-order valence-electron chi connectivity index (χ1n) is 26.3. The molecule has 0 aromatic rings. The third kappa shape index (κ3) is 50.6. The van der Waals surface area contributed by atoms with E-state index >= 15 is 0 Å². The van der Waals surface area contributed by atoms with Crippen molar-refractivity contribution in [3.63, 3.8) is 0 Å². The van der Waals surface area contributed by atoms with Gasteiger partial charge in [-0.15, -0.1) is 0 Å². The van der Waals surface area contributed by atoms with Crippen LogP contribution in [0, 0.1) is 0 Å². The molecule has 10 heteroatoms. The highest BCUT2D eigenvalue weighted by atomic mass is 31.2. The molecular weight excluding hydrogens is 846 g/mol. The van der Waals surface area contributed by atoms with Crippen molar-refractivity contribution in [3.05, 3.63) is 85.1 Å². The fraction of sp³-hybridized carbons (Fsp3) is 0.714. The molecule has 2 atom stereocenters. The fourth-order valence-electron chi connectivity index (χ4n) is 6.88. The van der Waals surface area contributed by atoms with Crippen molar-refractivity contribution in [3.8, 4) is 0 Å². The van der Waals surface area contributed by atoms with Gasteiger partial charge in [0.25, 0.3) is 0 Å². The number of carbonyl (C=O) groups is 2. The Morgan fingerprint density at radius 1 is 0.485 bits per heavy atom. The first-order valence-corrected chi connectivity index (χ1v) is 27.8. The summed E-state index contributed by atoms with van der Waals surface area (Å²) in [6.45, 7) is 4.28. The summed E-state index contributed by atoms with van der Waals surface area (Å²) in [5, 5.41) is 0. The van der Waals surface area contributed by atoms with Gasteiger partial charge in [0.1, 0.15) is 19.8 Å². The molecule has 0 aliphatic carbocycles. The molecule has 0 saturated carbocycles. The number of phosphoric ester groups is 1. The lowest BCUT2D eigenvalue weighted by Crippen LogP contribution is -2.37. The number of hydrogen-bond acceptors (Lipinski definition) is 7. The molecule has 0 spiro atoms. The van der Waals surface area contributed by atoms with Gasteiger partial charge < -0.3 is 18.9 Å². The van der Waals surface area contributed by atoms with Crippen molar-refractivity contribution >= 4 is 19.8 Å². The zero-order valence-electron chi connectivity index (χ0n) is 42.9. The first kappa shape index (κ1) is 63.2. The van der Waals surface area contributed by atoms with E-state index in [9.17, 15) is 19.0 Å². The van der Waals surface area contributed by atoms with Crippen LogP contribution in [-0.4, -0.2) is 74.9 Å². The summed E-state index contributed by atoms with van der Waals surface area (Å²) < 4.78 is 34.4. The zero-order chi connectivity index (χ0) is 48.5. The Kier molecular flexibility index (Phi) is 45.3. The van der Waals surface area contributed by atoms with Crippen molar-refractivity contribution in [1.29, 1.82) is 0 Å². The summed E-state index contributed by atoms with van der Waals surface area (Å²) in [6.07, 6.45) is 62.1. The van der Waals surface area contributed by atoms with E-state index in [0.29, 0.717) is 17.4 Å². The molecule has 380 valence electrons. The van der Waals surface area contributed by atoms with E-state index in [-0.39, 0.29) is 32.0 Å². The summed E-state index contributed by atoms with van der Waals surface area (Å²) in [5.74, 6) is -0.836. The average Bonchev–Trinajstić information content (AvgIpc) is 3.27. The highest BCUT2D eigenvalue weighted by Gasteiger charge is 2.27. The second kappa shape index (κ2) is 47.3. The molecule has 0 amide bonds. The molecule has 0 rings (SSSR count). The molecule has 2 unspecified atom stereocenters. The van der Waals surface area contributed by atoms with Crippen LogP contribution in [0.5, 0.6) is 0 Å². The van der Waals surface area contributed by atoms with Crippen LogP contribution in [0.25, 0.3) is 0 Å². The third-order valence-corrected chi connectivity index (χ3v) is 11.9. The summed E-state index contributed by atoms with van der Waals surface area (Å²) in [7, 11) is 1.45. The number of allylic oxidation sites excluding steroid dienone is 14. The quantitative estimate of drug-likeness (QED) is 0.0211. The number of phosphoric acid groups is 1. The Balaban J connectivity index is 4.33. The van der Waals surface area contributed by atoms with Gasteiger partial charge in [-0.05, 0) is 70.6 Å². The minimum Gasteiger partial charge on any atom is -0.462 e. The van der Waals surface area contributed by atoms with Crippen molar-refractivity contribution in [1.82, 2.24) is 0 Å². The Morgan fingerprint density at radius 2 is 0.864 bits per heavy atom. The van der Waals surface area contributed by atoms with E-state index in [4.69, 9.17) is 18.5 Å². The monoisotopic (exact) mass is 945 g/mol. The Bertz CT molecular complexity index is 1390. The molecule has 0 radical (unpaired) electrons. The lowest BCUT2D eigenvalue weighted by molar-refractivity contribution is -0.870. The Hall–Kier alpha value is -2.81. The lowest BCUT2D eigenvalue weighted by atomic mass is 10.0. The average molecular weight is 945 g/mol. The number of quaternary nitrogens is 1. The largest absolute Gasteiger partial charge is 0.472 e. The van der Waals surface area contributed by atoms with Crippen LogP contribution in [0.3, 0.4) is 0 Å². The van der Waals surface area contributed by atoms with Gasteiger partial charge in [-0.1, -0.05) is 208 Å². The molecule has 0 aliphatic rings. The van der Waals surface area contributed by atoms with E-state index in [1.54, 1.807) is 0 Å². The van der Waals surface area contributed by atoms with E-state index < -0.39 is 26.5 Å². The molecule has 0 saturated heterocycles. The Labute approximate surface area is 405 Å². The van der Waals surface area contributed by atoms with E-state index in [1.807, 2.05) is 21.1 Å².